The molecule has 0 radical (unpaired) electrons. The van der Waals surface area contributed by atoms with Crippen molar-refractivity contribution in [3.8, 4) is 0 Å². The zero-order chi connectivity index (χ0) is 15.2. The summed E-state index contributed by atoms with van der Waals surface area (Å²) in [7, 11) is 0. The minimum atomic E-state index is -0.490. The molecule has 21 heavy (non-hydrogen) atoms. The molecule has 0 atom stereocenters. The number of amides is 1. The lowest BCUT2D eigenvalue weighted by Crippen LogP contribution is -2.41. The summed E-state index contributed by atoms with van der Waals surface area (Å²) in [5.41, 5.74) is 1.31. The van der Waals surface area contributed by atoms with E-state index >= 15 is 0 Å². The summed E-state index contributed by atoms with van der Waals surface area (Å²) < 4.78 is 7.49. The van der Waals surface area contributed by atoms with Gasteiger partial charge in [0.2, 0.25) is 0 Å². The first-order chi connectivity index (χ1) is 9.85. The lowest BCUT2D eigenvalue weighted by atomic mass is 10.2. The van der Waals surface area contributed by atoms with Crippen molar-refractivity contribution < 1.29 is 9.53 Å². The quantitative estimate of drug-likeness (QED) is 0.702. The van der Waals surface area contributed by atoms with E-state index in [9.17, 15) is 4.79 Å². The van der Waals surface area contributed by atoms with Crippen LogP contribution < -0.4 is 0 Å². The summed E-state index contributed by atoms with van der Waals surface area (Å²) in [5, 5.41) is 1.26. The fraction of sp³-hybridized carbons (Fsp3) is 0.500. The third-order valence-electron chi connectivity index (χ3n) is 3.33. The second-order valence-corrected chi connectivity index (χ2v) is 6.45. The van der Waals surface area contributed by atoms with Crippen LogP contribution >= 0.6 is 11.6 Å². The normalized spacial score (nSPS) is 15.1. The summed E-state index contributed by atoms with van der Waals surface area (Å²) in [6.45, 7) is 7.34. The van der Waals surface area contributed by atoms with Crippen molar-refractivity contribution >= 4 is 28.7 Å². The van der Waals surface area contributed by atoms with Crippen LogP contribution in [0.4, 0.5) is 4.79 Å². The van der Waals surface area contributed by atoms with Gasteiger partial charge in [0, 0.05) is 18.8 Å². The van der Waals surface area contributed by atoms with E-state index in [1.165, 1.54) is 6.33 Å². The van der Waals surface area contributed by atoms with Crippen LogP contribution in [0.3, 0.4) is 0 Å². The Hall–Kier alpha value is -1.82. The summed E-state index contributed by atoms with van der Waals surface area (Å²) in [4.78, 5) is 22.1. The number of halogens is 1. The maximum atomic E-state index is 12.1. The van der Waals surface area contributed by atoms with Crippen LogP contribution in [-0.2, 0) is 17.8 Å². The van der Waals surface area contributed by atoms with Gasteiger partial charge in [-0.3, -0.25) is 0 Å². The Balaban J connectivity index is 1.88. The Bertz CT molecular complexity index is 705. The number of nitrogens with zero attached hydrogens (tertiary/aromatic N) is 4. The van der Waals surface area contributed by atoms with Crippen molar-refractivity contribution in [1.82, 2.24) is 19.4 Å². The van der Waals surface area contributed by atoms with Gasteiger partial charge >= 0.3 is 6.09 Å². The summed E-state index contributed by atoms with van der Waals surface area (Å²) in [6.07, 6.45) is 1.16. The molecular formula is C14H17ClN4O2. The van der Waals surface area contributed by atoms with Gasteiger partial charge in [0.15, 0.2) is 0 Å². The van der Waals surface area contributed by atoms with E-state index in [4.69, 9.17) is 16.3 Å². The highest BCUT2D eigenvalue weighted by Gasteiger charge is 2.27. The van der Waals surface area contributed by atoms with Crippen molar-refractivity contribution in [3.05, 3.63) is 23.2 Å². The maximum absolute atomic E-state index is 12.1. The van der Waals surface area contributed by atoms with Crippen LogP contribution in [0.25, 0.3) is 11.0 Å². The van der Waals surface area contributed by atoms with Crippen molar-refractivity contribution in [1.29, 1.82) is 0 Å². The van der Waals surface area contributed by atoms with Gasteiger partial charge < -0.3 is 14.2 Å². The number of carbonyl (C=O) groups is 1. The van der Waals surface area contributed by atoms with E-state index in [-0.39, 0.29) is 6.09 Å². The van der Waals surface area contributed by atoms with Crippen molar-refractivity contribution in [2.24, 2.45) is 0 Å². The van der Waals surface area contributed by atoms with Crippen LogP contribution in [0.2, 0.25) is 5.15 Å². The van der Waals surface area contributed by atoms with Crippen molar-refractivity contribution in [2.75, 3.05) is 6.54 Å². The largest absolute Gasteiger partial charge is 0.444 e. The molecule has 0 aromatic carbocycles. The standard InChI is InChI=1S/C14H17ClN4O2/c1-14(2,3)21-13(20)18-4-5-19-9(7-18)6-10-11(15)16-8-17-12(10)19/h6,8H,4-5,7H2,1-3H3. The third kappa shape index (κ3) is 2.68. The lowest BCUT2D eigenvalue weighted by Gasteiger charge is -2.31. The molecule has 1 aliphatic rings. The Morgan fingerprint density at radius 3 is 2.81 bits per heavy atom. The number of hydrogen-bond acceptors (Lipinski definition) is 4. The van der Waals surface area contributed by atoms with Gasteiger partial charge in [0.25, 0.3) is 0 Å². The smallest absolute Gasteiger partial charge is 0.410 e. The highest BCUT2D eigenvalue weighted by molar-refractivity contribution is 6.33. The lowest BCUT2D eigenvalue weighted by molar-refractivity contribution is 0.0200. The molecule has 0 bridgehead atoms. The van der Waals surface area contributed by atoms with Crippen LogP contribution in [0.1, 0.15) is 26.5 Å². The SMILES string of the molecule is CC(C)(C)OC(=O)N1CCn2c(cc3c(Cl)ncnc32)C1. The third-order valence-corrected chi connectivity index (χ3v) is 3.63. The molecule has 0 saturated heterocycles. The van der Waals surface area contributed by atoms with Gasteiger partial charge in [-0.2, -0.15) is 0 Å². The molecule has 0 saturated carbocycles. The van der Waals surface area contributed by atoms with Crippen LogP contribution in [0, 0.1) is 0 Å². The van der Waals surface area contributed by atoms with Gasteiger partial charge in [0.05, 0.1) is 11.9 Å². The zero-order valence-electron chi connectivity index (χ0n) is 12.3. The highest BCUT2D eigenvalue weighted by Crippen LogP contribution is 2.27. The first-order valence-electron chi connectivity index (χ1n) is 6.82. The fourth-order valence-electron chi connectivity index (χ4n) is 2.44. The number of carbonyl (C=O) groups excluding carboxylic acids is 1. The van der Waals surface area contributed by atoms with E-state index in [1.807, 2.05) is 26.8 Å². The molecule has 0 aliphatic carbocycles. The molecule has 7 heteroatoms. The maximum Gasteiger partial charge on any atom is 0.410 e. The van der Waals surface area contributed by atoms with E-state index in [1.54, 1.807) is 4.90 Å². The van der Waals surface area contributed by atoms with Crippen LogP contribution in [0.5, 0.6) is 0 Å². The Morgan fingerprint density at radius 2 is 2.10 bits per heavy atom. The number of rotatable bonds is 0. The molecule has 3 rings (SSSR count). The Kier molecular flexibility index (Phi) is 3.28. The minimum absolute atomic E-state index is 0.295. The Labute approximate surface area is 127 Å². The molecule has 0 N–H and O–H groups in total. The van der Waals surface area contributed by atoms with Gasteiger partial charge in [-0.05, 0) is 26.8 Å². The van der Waals surface area contributed by atoms with Gasteiger partial charge in [0.1, 0.15) is 22.7 Å². The number of ether oxygens (including phenoxy) is 1. The second-order valence-electron chi connectivity index (χ2n) is 6.09. The summed E-state index contributed by atoms with van der Waals surface area (Å²) >= 11 is 6.09. The predicted molar refractivity (Wildman–Crippen MR) is 79.2 cm³/mol. The van der Waals surface area contributed by atoms with Crippen LogP contribution in [0.15, 0.2) is 12.4 Å². The highest BCUT2D eigenvalue weighted by atomic mass is 35.5. The molecule has 0 fully saturated rings. The van der Waals surface area contributed by atoms with Gasteiger partial charge in [-0.25, -0.2) is 14.8 Å². The van der Waals surface area contributed by atoms with Crippen molar-refractivity contribution in [3.63, 3.8) is 0 Å². The second kappa shape index (κ2) is 4.87. The first kappa shape index (κ1) is 14.1. The Morgan fingerprint density at radius 1 is 1.33 bits per heavy atom. The van der Waals surface area contributed by atoms with Crippen molar-refractivity contribution in [2.45, 2.75) is 39.5 Å². The molecule has 6 nitrogen and oxygen atoms in total. The topological polar surface area (TPSA) is 60.2 Å². The number of aromatic nitrogens is 3. The average molecular weight is 309 g/mol. The average Bonchev–Trinajstić information content (AvgIpc) is 2.76. The molecule has 3 heterocycles. The first-order valence-corrected chi connectivity index (χ1v) is 7.19. The molecule has 1 aliphatic heterocycles. The van der Waals surface area contributed by atoms with Gasteiger partial charge in [-0.15, -0.1) is 0 Å². The minimum Gasteiger partial charge on any atom is -0.444 e. The van der Waals surface area contributed by atoms with Gasteiger partial charge in [-0.1, -0.05) is 11.6 Å². The molecule has 0 unspecified atom stereocenters. The van der Waals surface area contributed by atoms with E-state index < -0.39 is 5.60 Å². The predicted octanol–water partition coefficient (Wildman–Crippen LogP) is 2.84. The number of fused-ring (bicyclic) bond motifs is 3. The molecule has 1 amide bonds. The number of hydrogen-bond donors (Lipinski definition) is 0. The molecule has 112 valence electrons. The zero-order valence-corrected chi connectivity index (χ0v) is 13.0. The molecule has 2 aromatic heterocycles. The summed E-state index contributed by atoms with van der Waals surface area (Å²) in [6, 6.07) is 1.94. The molecule has 0 spiro atoms. The fourth-order valence-corrected chi connectivity index (χ4v) is 2.63. The van der Waals surface area contributed by atoms with Crippen LogP contribution in [-0.4, -0.2) is 37.7 Å². The molecule has 2 aromatic rings. The monoisotopic (exact) mass is 308 g/mol. The molecular weight excluding hydrogens is 292 g/mol. The summed E-state index contributed by atoms with van der Waals surface area (Å²) in [5.74, 6) is 0. The van der Waals surface area contributed by atoms with E-state index in [0.29, 0.717) is 24.8 Å². The van der Waals surface area contributed by atoms with E-state index in [2.05, 4.69) is 14.5 Å². The van der Waals surface area contributed by atoms with E-state index in [0.717, 1.165) is 16.7 Å².